The number of aryl methyl sites for hydroxylation is 1. The molecule has 2 N–H and O–H groups in total. The minimum atomic E-state index is -0.514. The predicted molar refractivity (Wildman–Crippen MR) is 104 cm³/mol. The minimum absolute atomic E-state index is 0.0328. The molecular formula is C20H25ClN3O2+. The van der Waals surface area contributed by atoms with E-state index in [1.165, 1.54) is 4.90 Å². The molecule has 0 fully saturated rings. The van der Waals surface area contributed by atoms with Crippen molar-refractivity contribution in [3.63, 3.8) is 0 Å². The summed E-state index contributed by atoms with van der Waals surface area (Å²) in [5, 5.41) is 3.52. The highest BCUT2D eigenvalue weighted by Gasteiger charge is 2.31. The molecule has 0 aromatic heterocycles. The molecule has 2 rings (SSSR count). The van der Waals surface area contributed by atoms with Crippen molar-refractivity contribution in [3.8, 4) is 0 Å². The first kappa shape index (κ1) is 19.9. The summed E-state index contributed by atoms with van der Waals surface area (Å²) in [5.74, 6) is -0.213. The van der Waals surface area contributed by atoms with E-state index >= 15 is 0 Å². The molecule has 138 valence electrons. The number of benzene rings is 2. The fourth-order valence-corrected chi connectivity index (χ4v) is 2.87. The van der Waals surface area contributed by atoms with E-state index in [9.17, 15) is 9.59 Å². The number of halogens is 1. The molecule has 1 unspecified atom stereocenters. The van der Waals surface area contributed by atoms with Crippen molar-refractivity contribution in [1.29, 1.82) is 0 Å². The van der Waals surface area contributed by atoms with Crippen LogP contribution in [0.5, 0.6) is 0 Å². The fourth-order valence-electron chi connectivity index (χ4n) is 2.69. The van der Waals surface area contributed by atoms with Gasteiger partial charge in [-0.15, -0.1) is 0 Å². The largest absolute Gasteiger partial charge is 0.344 e. The third-order valence-corrected chi connectivity index (χ3v) is 4.66. The lowest BCUT2D eigenvalue weighted by atomic mass is 10.0. The van der Waals surface area contributed by atoms with Gasteiger partial charge in [0.05, 0.1) is 7.05 Å². The Morgan fingerprint density at radius 3 is 2.38 bits per heavy atom. The van der Waals surface area contributed by atoms with Crippen LogP contribution in [0.3, 0.4) is 0 Å². The van der Waals surface area contributed by atoms with Gasteiger partial charge in [0.2, 0.25) is 0 Å². The number of anilines is 1. The summed E-state index contributed by atoms with van der Waals surface area (Å²) in [7, 11) is 5.27. The molecule has 0 radical (unpaired) electrons. The lowest BCUT2D eigenvalue weighted by molar-refractivity contribution is -0.894. The number of amides is 2. The molecule has 2 atom stereocenters. The van der Waals surface area contributed by atoms with Crippen LogP contribution in [-0.4, -0.2) is 44.4 Å². The van der Waals surface area contributed by atoms with Gasteiger partial charge in [-0.3, -0.25) is 9.59 Å². The highest BCUT2D eigenvalue weighted by Crippen LogP contribution is 2.21. The number of carbonyl (C=O) groups is 2. The van der Waals surface area contributed by atoms with Crippen molar-refractivity contribution in [3.05, 3.63) is 64.7 Å². The quantitative estimate of drug-likeness (QED) is 0.811. The van der Waals surface area contributed by atoms with E-state index in [4.69, 9.17) is 11.6 Å². The van der Waals surface area contributed by atoms with Crippen LogP contribution in [0.15, 0.2) is 48.5 Å². The zero-order valence-corrected chi connectivity index (χ0v) is 16.3. The van der Waals surface area contributed by atoms with E-state index in [2.05, 4.69) is 5.32 Å². The van der Waals surface area contributed by atoms with Gasteiger partial charge in [0.1, 0.15) is 0 Å². The standard InChI is InChI=1S/C20H24ClN3O2/c1-14-10-11-16(12-17(14)21)22-20(26)19(15-8-6-5-7-9-15)24(4)13-18(25)23(2)3/h5-12,19H,13H2,1-4H3,(H,22,26)/p+1/t19-/m0/s1. The molecule has 0 heterocycles. The van der Waals surface area contributed by atoms with E-state index in [-0.39, 0.29) is 18.4 Å². The molecule has 26 heavy (non-hydrogen) atoms. The van der Waals surface area contributed by atoms with Gasteiger partial charge in [-0.2, -0.15) is 0 Å². The van der Waals surface area contributed by atoms with Crippen LogP contribution >= 0.6 is 11.6 Å². The highest BCUT2D eigenvalue weighted by atomic mass is 35.5. The first-order chi connectivity index (χ1) is 12.3. The molecule has 0 aliphatic rings. The average Bonchev–Trinajstić information content (AvgIpc) is 2.59. The van der Waals surface area contributed by atoms with Gasteiger partial charge in [0.15, 0.2) is 12.6 Å². The van der Waals surface area contributed by atoms with Gasteiger partial charge < -0.3 is 15.1 Å². The van der Waals surface area contributed by atoms with Crippen LogP contribution in [0.2, 0.25) is 5.02 Å². The van der Waals surface area contributed by atoms with Crippen molar-refractivity contribution in [2.75, 3.05) is 33.0 Å². The molecular weight excluding hydrogens is 350 g/mol. The average molecular weight is 375 g/mol. The zero-order valence-electron chi connectivity index (χ0n) is 15.5. The normalized spacial score (nSPS) is 13.0. The molecule has 0 aliphatic heterocycles. The molecule has 2 amide bonds. The van der Waals surface area contributed by atoms with Crippen molar-refractivity contribution in [2.45, 2.75) is 13.0 Å². The SMILES string of the molecule is Cc1ccc(NC(=O)[C@H](c2ccccc2)[NH+](C)CC(=O)N(C)C)cc1Cl. The third kappa shape index (κ3) is 5.07. The van der Waals surface area contributed by atoms with Crippen molar-refractivity contribution >= 4 is 29.1 Å². The molecule has 6 heteroatoms. The molecule has 0 saturated carbocycles. The Morgan fingerprint density at radius 2 is 1.81 bits per heavy atom. The zero-order chi connectivity index (χ0) is 19.3. The summed E-state index contributed by atoms with van der Waals surface area (Å²) in [6.45, 7) is 2.13. The fraction of sp³-hybridized carbons (Fsp3) is 0.300. The smallest absolute Gasteiger partial charge is 0.287 e. The Morgan fingerprint density at radius 1 is 1.15 bits per heavy atom. The Balaban J connectivity index is 2.26. The molecule has 0 aliphatic carbocycles. The van der Waals surface area contributed by atoms with Crippen LogP contribution in [0.25, 0.3) is 0 Å². The second-order valence-electron chi connectivity index (χ2n) is 6.61. The van der Waals surface area contributed by atoms with E-state index < -0.39 is 6.04 Å². The highest BCUT2D eigenvalue weighted by molar-refractivity contribution is 6.31. The lowest BCUT2D eigenvalue weighted by Gasteiger charge is -2.25. The van der Waals surface area contributed by atoms with E-state index in [0.717, 1.165) is 16.0 Å². The minimum Gasteiger partial charge on any atom is -0.344 e. The number of hydrogen-bond donors (Lipinski definition) is 2. The number of nitrogens with one attached hydrogen (secondary N) is 2. The Hall–Kier alpha value is -2.37. The van der Waals surface area contributed by atoms with Crippen LogP contribution in [0.1, 0.15) is 17.2 Å². The molecule has 0 bridgehead atoms. The molecule has 5 nitrogen and oxygen atoms in total. The number of rotatable bonds is 6. The first-order valence-electron chi connectivity index (χ1n) is 8.44. The van der Waals surface area contributed by atoms with Gasteiger partial charge in [0.25, 0.3) is 11.8 Å². The lowest BCUT2D eigenvalue weighted by Crippen LogP contribution is -3.11. The monoisotopic (exact) mass is 374 g/mol. The molecule has 0 saturated heterocycles. The number of nitrogens with zero attached hydrogens (tertiary/aromatic N) is 1. The van der Waals surface area contributed by atoms with Gasteiger partial charge >= 0.3 is 0 Å². The van der Waals surface area contributed by atoms with Gasteiger partial charge in [-0.05, 0) is 24.6 Å². The molecule has 0 spiro atoms. The maximum absolute atomic E-state index is 13.0. The second-order valence-corrected chi connectivity index (χ2v) is 7.02. The number of quaternary nitrogens is 1. The van der Waals surface area contributed by atoms with Crippen LogP contribution < -0.4 is 10.2 Å². The molecule has 2 aromatic carbocycles. The summed E-state index contributed by atoms with van der Waals surface area (Å²) in [5.41, 5.74) is 2.44. The van der Waals surface area contributed by atoms with E-state index in [1.807, 2.05) is 56.4 Å². The predicted octanol–water partition coefficient (Wildman–Crippen LogP) is 1.93. The van der Waals surface area contributed by atoms with Crippen LogP contribution in [0.4, 0.5) is 5.69 Å². The second kappa shape index (κ2) is 8.83. The van der Waals surface area contributed by atoms with Crippen molar-refractivity contribution in [1.82, 2.24) is 4.90 Å². The number of hydrogen-bond acceptors (Lipinski definition) is 2. The van der Waals surface area contributed by atoms with E-state index in [0.29, 0.717) is 10.7 Å². The van der Waals surface area contributed by atoms with Gasteiger partial charge in [-0.1, -0.05) is 48.0 Å². The number of likely N-dealkylation sites (N-methyl/N-ethyl adjacent to an activating group) is 2. The van der Waals surface area contributed by atoms with E-state index in [1.54, 1.807) is 20.2 Å². The third-order valence-electron chi connectivity index (χ3n) is 4.26. The Bertz CT molecular complexity index is 778. The summed E-state index contributed by atoms with van der Waals surface area (Å²) < 4.78 is 0. The Labute approximate surface area is 159 Å². The maximum Gasteiger partial charge on any atom is 0.287 e. The van der Waals surface area contributed by atoms with Gasteiger partial charge in [-0.25, -0.2) is 0 Å². The van der Waals surface area contributed by atoms with Crippen LogP contribution in [0, 0.1) is 6.92 Å². The molecule has 2 aromatic rings. The van der Waals surface area contributed by atoms with Crippen LogP contribution in [-0.2, 0) is 9.59 Å². The van der Waals surface area contributed by atoms with Gasteiger partial charge in [0, 0.05) is 30.4 Å². The Kier molecular flexibility index (Phi) is 6.77. The maximum atomic E-state index is 13.0. The van der Waals surface area contributed by atoms with Crippen molar-refractivity contribution in [2.24, 2.45) is 0 Å². The first-order valence-corrected chi connectivity index (χ1v) is 8.82. The summed E-state index contributed by atoms with van der Waals surface area (Å²) >= 11 is 6.15. The van der Waals surface area contributed by atoms with Crippen molar-refractivity contribution < 1.29 is 14.5 Å². The summed E-state index contributed by atoms with van der Waals surface area (Å²) in [6.07, 6.45) is 0. The number of carbonyl (C=O) groups excluding carboxylic acids is 2. The summed E-state index contributed by atoms with van der Waals surface area (Å²) in [6, 6.07) is 14.4. The summed E-state index contributed by atoms with van der Waals surface area (Å²) in [4.78, 5) is 27.4. The topological polar surface area (TPSA) is 53.9 Å².